The maximum Gasteiger partial charge on any atom is 0.250 e. The molecule has 0 atom stereocenters. The van der Waals surface area contributed by atoms with Gasteiger partial charge in [-0.25, -0.2) is 13.1 Å². The lowest BCUT2D eigenvalue weighted by atomic mass is 10.5. The van der Waals surface area contributed by atoms with Gasteiger partial charge in [0.25, 0.3) is 0 Å². The molecule has 0 saturated heterocycles. The first-order chi connectivity index (χ1) is 6.60. The smallest absolute Gasteiger partial charge is 0.250 e. The molecular weight excluding hydrogens is 220 g/mol. The molecule has 0 spiro atoms. The first kappa shape index (κ1) is 11.6. The predicted octanol–water partition coefficient (Wildman–Crippen LogP) is 0.766. The lowest BCUT2D eigenvalue weighted by molar-refractivity contribution is 0.586. The summed E-state index contributed by atoms with van der Waals surface area (Å²) < 4.78 is 25.9. The molecule has 0 radical (unpaired) electrons. The van der Waals surface area contributed by atoms with Crippen LogP contribution in [0.2, 0.25) is 0 Å². The molecule has 0 bridgehead atoms. The van der Waals surface area contributed by atoms with E-state index in [1.807, 2.05) is 13.1 Å². The van der Waals surface area contributed by atoms with E-state index < -0.39 is 10.0 Å². The second-order valence-corrected chi connectivity index (χ2v) is 5.91. The molecule has 2 N–H and O–H groups in total. The maximum absolute atomic E-state index is 11.5. The topological polar surface area (TPSA) is 58.2 Å². The molecule has 1 heterocycles. The molecule has 0 fully saturated rings. The third-order valence-electron chi connectivity index (χ3n) is 1.59. The molecule has 0 aliphatic carbocycles. The van der Waals surface area contributed by atoms with E-state index >= 15 is 0 Å². The van der Waals surface area contributed by atoms with Gasteiger partial charge in [0.15, 0.2) is 0 Å². The van der Waals surface area contributed by atoms with Crippen LogP contribution in [0.3, 0.4) is 0 Å². The van der Waals surface area contributed by atoms with E-state index in [1.54, 1.807) is 13.0 Å². The molecule has 14 heavy (non-hydrogen) atoms. The Labute approximate surface area is 88.4 Å². The predicted molar refractivity (Wildman–Crippen MR) is 57.9 cm³/mol. The molecule has 6 heteroatoms. The summed E-state index contributed by atoms with van der Waals surface area (Å²) in [5.74, 6) is 0. The number of nitrogens with one attached hydrogen (secondary N) is 2. The van der Waals surface area contributed by atoms with Gasteiger partial charge >= 0.3 is 0 Å². The lowest BCUT2D eigenvalue weighted by Crippen LogP contribution is -2.22. The maximum atomic E-state index is 11.5. The van der Waals surface area contributed by atoms with Crippen LogP contribution in [0.15, 0.2) is 16.3 Å². The normalized spacial score (nSPS) is 11.9. The fourth-order valence-electron chi connectivity index (χ4n) is 1.03. The van der Waals surface area contributed by atoms with Crippen LogP contribution in [-0.4, -0.2) is 22.0 Å². The summed E-state index contributed by atoms with van der Waals surface area (Å²) in [6.45, 7) is 2.88. The summed E-state index contributed by atoms with van der Waals surface area (Å²) >= 11 is 1.29. The van der Waals surface area contributed by atoms with Gasteiger partial charge in [-0.3, -0.25) is 0 Å². The molecule has 1 aromatic rings. The van der Waals surface area contributed by atoms with Gasteiger partial charge in [-0.1, -0.05) is 6.92 Å². The fourth-order valence-corrected chi connectivity index (χ4v) is 3.49. The fraction of sp³-hybridized carbons (Fsp3) is 0.500. The minimum atomic E-state index is -3.27. The Balaban J connectivity index is 2.86. The highest BCUT2D eigenvalue weighted by molar-refractivity contribution is 7.91. The van der Waals surface area contributed by atoms with Crippen molar-refractivity contribution in [3.63, 3.8) is 0 Å². The monoisotopic (exact) mass is 234 g/mol. The average molecular weight is 234 g/mol. The summed E-state index contributed by atoms with van der Waals surface area (Å²) in [5.41, 5.74) is 0. The lowest BCUT2D eigenvalue weighted by Gasteiger charge is -1.99. The molecule has 4 nitrogen and oxygen atoms in total. The Kier molecular flexibility index (Phi) is 4.06. The zero-order valence-electron chi connectivity index (χ0n) is 8.20. The van der Waals surface area contributed by atoms with Crippen LogP contribution in [0.4, 0.5) is 0 Å². The molecule has 0 aliphatic heterocycles. The standard InChI is InChI=1S/C8H14N2O2S2/c1-3-10-14(11,12)8-5-4-7(13-8)6-9-2/h4-5,9-10H,3,6H2,1-2H3. The Hall–Kier alpha value is -0.430. The van der Waals surface area contributed by atoms with Crippen LogP contribution in [0.25, 0.3) is 0 Å². The second-order valence-electron chi connectivity index (χ2n) is 2.75. The highest BCUT2D eigenvalue weighted by atomic mass is 32.2. The highest BCUT2D eigenvalue weighted by Gasteiger charge is 2.14. The van der Waals surface area contributed by atoms with Gasteiger partial charge in [-0.15, -0.1) is 11.3 Å². The number of hydrogen-bond donors (Lipinski definition) is 2. The van der Waals surface area contributed by atoms with Gasteiger partial charge in [0.1, 0.15) is 4.21 Å². The quantitative estimate of drug-likeness (QED) is 0.791. The molecular formula is C8H14N2O2S2. The van der Waals surface area contributed by atoms with Gasteiger partial charge in [0.05, 0.1) is 0 Å². The van der Waals surface area contributed by atoms with Crippen LogP contribution in [0.5, 0.6) is 0 Å². The van der Waals surface area contributed by atoms with Crippen molar-refractivity contribution in [2.45, 2.75) is 17.7 Å². The molecule has 0 saturated carbocycles. The van der Waals surface area contributed by atoms with E-state index in [4.69, 9.17) is 0 Å². The molecule has 0 aromatic carbocycles. The second kappa shape index (κ2) is 4.88. The Morgan fingerprint density at radius 3 is 2.71 bits per heavy atom. The average Bonchev–Trinajstić information content (AvgIpc) is 2.54. The zero-order chi connectivity index (χ0) is 10.6. The van der Waals surface area contributed by atoms with Crippen molar-refractivity contribution in [3.8, 4) is 0 Å². The van der Waals surface area contributed by atoms with Crippen molar-refractivity contribution >= 4 is 21.4 Å². The Morgan fingerprint density at radius 2 is 2.14 bits per heavy atom. The Morgan fingerprint density at radius 1 is 1.43 bits per heavy atom. The summed E-state index contributed by atoms with van der Waals surface area (Å²) in [6, 6.07) is 3.46. The summed E-state index contributed by atoms with van der Waals surface area (Å²) in [7, 11) is -1.44. The van der Waals surface area contributed by atoms with Crippen LogP contribution >= 0.6 is 11.3 Å². The molecule has 80 valence electrons. The van der Waals surface area contributed by atoms with Crippen LogP contribution < -0.4 is 10.0 Å². The molecule has 0 aliphatic rings. The van der Waals surface area contributed by atoms with Crippen molar-refractivity contribution in [1.29, 1.82) is 0 Å². The van der Waals surface area contributed by atoms with Gasteiger partial charge < -0.3 is 5.32 Å². The van der Waals surface area contributed by atoms with Crippen LogP contribution in [0, 0.1) is 0 Å². The van der Waals surface area contributed by atoms with Gasteiger partial charge in [0, 0.05) is 18.0 Å². The number of rotatable bonds is 5. The van der Waals surface area contributed by atoms with Crippen molar-refractivity contribution < 1.29 is 8.42 Å². The largest absolute Gasteiger partial charge is 0.315 e. The van der Waals surface area contributed by atoms with E-state index in [-0.39, 0.29) is 0 Å². The van der Waals surface area contributed by atoms with Crippen molar-refractivity contribution in [2.24, 2.45) is 0 Å². The van der Waals surface area contributed by atoms with Gasteiger partial charge in [-0.05, 0) is 19.2 Å². The SMILES string of the molecule is CCNS(=O)(=O)c1ccc(CNC)s1. The van der Waals surface area contributed by atoms with Crippen molar-refractivity contribution in [2.75, 3.05) is 13.6 Å². The molecule has 0 amide bonds. The van der Waals surface area contributed by atoms with Crippen molar-refractivity contribution in [3.05, 3.63) is 17.0 Å². The van der Waals surface area contributed by atoms with E-state index in [1.165, 1.54) is 11.3 Å². The number of sulfonamides is 1. The minimum Gasteiger partial charge on any atom is -0.315 e. The summed E-state index contributed by atoms with van der Waals surface area (Å²) in [6.07, 6.45) is 0. The number of thiophene rings is 1. The zero-order valence-corrected chi connectivity index (χ0v) is 9.83. The van der Waals surface area contributed by atoms with E-state index in [0.29, 0.717) is 17.3 Å². The van der Waals surface area contributed by atoms with Crippen LogP contribution in [-0.2, 0) is 16.6 Å². The molecule has 1 aromatic heterocycles. The Bertz CT molecular complexity index is 384. The highest BCUT2D eigenvalue weighted by Crippen LogP contribution is 2.20. The van der Waals surface area contributed by atoms with Crippen LogP contribution in [0.1, 0.15) is 11.8 Å². The van der Waals surface area contributed by atoms with Crippen molar-refractivity contribution in [1.82, 2.24) is 10.0 Å². The molecule has 1 rings (SSSR count). The van der Waals surface area contributed by atoms with E-state index in [0.717, 1.165) is 4.88 Å². The number of hydrogen-bond acceptors (Lipinski definition) is 4. The van der Waals surface area contributed by atoms with Gasteiger partial charge in [-0.2, -0.15) is 0 Å². The third kappa shape index (κ3) is 2.78. The molecule has 0 unspecified atom stereocenters. The first-order valence-electron chi connectivity index (χ1n) is 4.33. The first-order valence-corrected chi connectivity index (χ1v) is 6.63. The third-order valence-corrected chi connectivity index (χ3v) is 4.71. The van der Waals surface area contributed by atoms with E-state index in [9.17, 15) is 8.42 Å². The van der Waals surface area contributed by atoms with Gasteiger partial charge in [0.2, 0.25) is 10.0 Å². The minimum absolute atomic E-state index is 0.379. The summed E-state index contributed by atoms with van der Waals surface area (Å²) in [5, 5.41) is 2.98. The van der Waals surface area contributed by atoms with E-state index in [2.05, 4.69) is 10.0 Å². The summed E-state index contributed by atoms with van der Waals surface area (Å²) in [4.78, 5) is 1.02.